The summed E-state index contributed by atoms with van der Waals surface area (Å²) >= 11 is 3.37. The van der Waals surface area contributed by atoms with Crippen LogP contribution in [0.4, 0.5) is 0 Å². The Morgan fingerprint density at radius 2 is 1.78 bits per heavy atom. The van der Waals surface area contributed by atoms with Crippen molar-refractivity contribution in [2.45, 2.75) is 13.8 Å². The van der Waals surface area contributed by atoms with Crippen molar-refractivity contribution in [1.82, 2.24) is 0 Å². The van der Waals surface area contributed by atoms with E-state index in [1.807, 2.05) is 26.0 Å². The summed E-state index contributed by atoms with van der Waals surface area (Å²) < 4.78 is 21.8. The number of halogens is 1. The SMILES string of the molecule is CCOCCOC(=O)c1ccc(OC(=O)COc2ccc(Br)cc2C)cc1. The number of carbonyl (C=O) groups is 2. The fourth-order valence-corrected chi connectivity index (χ4v) is 2.63. The van der Waals surface area contributed by atoms with E-state index in [-0.39, 0.29) is 13.2 Å². The lowest BCUT2D eigenvalue weighted by molar-refractivity contribution is -0.136. The van der Waals surface area contributed by atoms with Gasteiger partial charge in [-0.05, 0) is 61.9 Å². The minimum absolute atomic E-state index is 0.191. The van der Waals surface area contributed by atoms with E-state index in [2.05, 4.69) is 15.9 Å². The van der Waals surface area contributed by atoms with Gasteiger partial charge in [-0.1, -0.05) is 15.9 Å². The average molecular weight is 437 g/mol. The molecule has 0 amide bonds. The van der Waals surface area contributed by atoms with Crippen LogP contribution in [0.3, 0.4) is 0 Å². The van der Waals surface area contributed by atoms with Crippen LogP contribution < -0.4 is 9.47 Å². The van der Waals surface area contributed by atoms with E-state index in [1.165, 1.54) is 24.3 Å². The Hall–Kier alpha value is -2.38. The molecule has 2 aromatic rings. The van der Waals surface area contributed by atoms with Gasteiger partial charge in [0.25, 0.3) is 0 Å². The lowest BCUT2D eigenvalue weighted by Gasteiger charge is -2.09. The maximum atomic E-state index is 11.9. The molecular formula is C20H21BrO6. The fraction of sp³-hybridized carbons (Fsp3) is 0.300. The zero-order chi connectivity index (χ0) is 19.6. The number of ether oxygens (including phenoxy) is 4. The van der Waals surface area contributed by atoms with Gasteiger partial charge in [0.05, 0.1) is 12.2 Å². The van der Waals surface area contributed by atoms with Crippen molar-refractivity contribution in [3.05, 3.63) is 58.1 Å². The Kier molecular flexibility index (Phi) is 8.29. The predicted octanol–water partition coefficient (Wildman–Crippen LogP) is 3.94. The highest BCUT2D eigenvalue weighted by Crippen LogP contribution is 2.22. The van der Waals surface area contributed by atoms with Gasteiger partial charge >= 0.3 is 11.9 Å². The largest absolute Gasteiger partial charge is 0.482 e. The predicted molar refractivity (Wildman–Crippen MR) is 103 cm³/mol. The molecule has 0 saturated heterocycles. The molecule has 0 fully saturated rings. The topological polar surface area (TPSA) is 71.1 Å². The zero-order valence-electron chi connectivity index (χ0n) is 15.2. The fourth-order valence-electron chi connectivity index (χ4n) is 2.15. The highest BCUT2D eigenvalue weighted by atomic mass is 79.9. The standard InChI is InChI=1S/C20H21BrO6/c1-3-24-10-11-25-20(23)15-4-7-17(8-5-15)27-19(22)13-26-18-9-6-16(21)12-14(18)2/h4-9,12H,3,10-11,13H2,1-2H3. The molecule has 0 saturated carbocycles. The first-order chi connectivity index (χ1) is 13.0. The maximum Gasteiger partial charge on any atom is 0.349 e. The third kappa shape index (κ3) is 7.03. The highest BCUT2D eigenvalue weighted by molar-refractivity contribution is 9.10. The third-order valence-electron chi connectivity index (χ3n) is 3.47. The Morgan fingerprint density at radius 3 is 2.44 bits per heavy atom. The summed E-state index contributed by atoms with van der Waals surface area (Å²) in [5.41, 5.74) is 1.28. The molecule has 0 spiro atoms. The molecule has 0 N–H and O–H groups in total. The highest BCUT2D eigenvalue weighted by Gasteiger charge is 2.10. The summed E-state index contributed by atoms with van der Waals surface area (Å²) in [6.07, 6.45) is 0. The molecule has 0 heterocycles. The quantitative estimate of drug-likeness (QED) is 0.336. The van der Waals surface area contributed by atoms with Crippen LogP contribution in [-0.4, -0.2) is 38.4 Å². The van der Waals surface area contributed by atoms with Crippen LogP contribution in [0.1, 0.15) is 22.8 Å². The first kappa shape index (κ1) is 20.9. The van der Waals surface area contributed by atoms with Crippen molar-refractivity contribution in [2.75, 3.05) is 26.4 Å². The number of esters is 2. The molecule has 7 heteroatoms. The molecule has 2 aromatic carbocycles. The van der Waals surface area contributed by atoms with Crippen LogP contribution >= 0.6 is 15.9 Å². The first-order valence-corrected chi connectivity index (χ1v) is 9.23. The number of benzene rings is 2. The van der Waals surface area contributed by atoms with E-state index >= 15 is 0 Å². The minimum atomic E-state index is -0.538. The normalized spacial score (nSPS) is 10.3. The molecular weight excluding hydrogens is 416 g/mol. The Labute approximate surface area is 166 Å². The summed E-state index contributed by atoms with van der Waals surface area (Å²) in [7, 11) is 0. The Bertz CT molecular complexity index is 773. The van der Waals surface area contributed by atoms with Gasteiger partial charge < -0.3 is 18.9 Å². The van der Waals surface area contributed by atoms with E-state index in [0.717, 1.165) is 10.0 Å². The van der Waals surface area contributed by atoms with E-state index < -0.39 is 11.9 Å². The Balaban J connectivity index is 1.81. The molecule has 0 aliphatic rings. The van der Waals surface area contributed by atoms with Crippen LogP contribution in [0.25, 0.3) is 0 Å². The molecule has 0 aromatic heterocycles. The smallest absolute Gasteiger partial charge is 0.349 e. The van der Waals surface area contributed by atoms with E-state index in [9.17, 15) is 9.59 Å². The number of rotatable bonds is 9. The van der Waals surface area contributed by atoms with Crippen LogP contribution in [0, 0.1) is 6.92 Å². The molecule has 0 bridgehead atoms. The van der Waals surface area contributed by atoms with E-state index in [4.69, 9.17) is 18.9 Å². The third-order valence-corrected chi connectivity index (χ3v) is 3.96. The monoisotopic (exact) mass is 436 g/mol. The van der Waals surface area contributed by atoms with Crippen LogP contribution in [0.2, 0.25) is 0 Å². The number of hydrogen-bond acceptors (Lipinski definition) is 6. The molecule has 144 valence electrons. The molecule has 27 heavy (non-hydrogen) atoms. The molecule has 0 radical (unpaired) electrons. The van der Waals surface area contributed by atoms with Gasteiger partial charge in [0.15, 0.2) is 6.61 Å². The Morgan fingerprint density at radius 1 is 1.04 bits per heavy atom. The van der Waals surface area contributed by atoms with Gasteiger partial charge in [0.1, 0.15) is 18.1 Å². The van der Waals surface area contributed by atoms with E-state index in [0.29, 0.717) is 30.3 Å². The number of aryl methyl sites for hydroxylation is 1. The number of hydrogen-bond donors (Lipinski definition) is 0. The van der Waals surface area contributed by atoms with Gasteiger partial charge in [0, 0.05) is 11.1 Å². The molecule has 0 unspecified atom stereocenters. The second kappa shape index (κ2) is 10.7. The molecule has 0 atom stereocenters. The van der Waals surface area contributed by atoms with Gasteiger partial charge in [-0.2, -0.15) is 0 Å². The summed E-state index contributed by atoms with van der Waals surface area (Å²) in [5, 5.41) is 0. The lowest BCUT2D eigenvalue weighted by atomic mass is 10.2. The summed E-state index contributed by atoms with van der Waals surface area (Å²) in [6.45, 7) is 4.66. The van der Waals surface area contributed by atoms with Crippen molar-refractivity contribution >= 4 is 27.9 Å². The van der Waals surface area contributed by atoms with Gasteiger partial charge in [-0.25, -0.2) is 9.59 Å². The van der Waals surface area contributed by atoms with Crippen LogP contribution in [0.15, 0.2) is 46.9 Å². The van der Waals surface area contributed by atoms with Crippen molar-refractivity contribution in [3.63, 3.8) is 0 Å². The summed E-state index contributed by atoms with van der Waals surface area (Å²) in [5.74, 6) is -0.0618. The lowest BCUT2D eigenvalue weighted by Crippen LogP contribution is -2.18. The zero-order valence-corrected chi connectivity index (χ0v) is 16.8. The van der Waals surface area contributed by atoms with Crippen LogP contribution in [-0.2, 0) is 14.3 Å². The van der Waals surface area contributed by atoms with Gasteiger partial charge in [-0.3, -0.25) is 0 Å². The summed E-state index contributed by atoms with van der Waals surface area (Å²) in [6, 6.07) is 11.6. The molecule has 0 aliphatic carbocycles. The van der Waals surface area contributed by atoms with Crippen molar-refractivity contribution in [2.24, 2.45) is 0 Å². The minimum Gasteiger partial charge on any atom is -0.482 e. The molecule has 6 nitrogen and oxygen atoms in total. The second-order valence-electron chi connectivity index (χ2n) is 5.53. The first-order valence-electron chi connectivity index (χ1n) is 8.44. The van der Waals surface area contributed by atoms with Crippen molar-refractivity contribution < 1.29 is 28.5 Å². The molecule has 2 rings (SSSR count). The van der Waals surface area contributed by atoms with E-state index in [1.54, 1.807) is 6.07 Å². The molecule has 0 aliphatic heterocycles. The van der Waals surface area contributed by atoms with Crippen molar-refractivity contribution in [1.29, 1.82) is 0 Å². The summed E-state index contributed by atoms with van der Waals surface area (Å²) in [4.78, 5) is 23.8. The number of carbonyl (C=O) groups excluding carboxylic acids is 2. The maximum absolute atomic E-state index is 11.9. The van der Waals surface area contributed by atoms with Gasteiger partial charge in [-0.15, -0.1) is 0 Å². The van der Waals surface area contributed by atoms with Crippen molar-refractivity contribution in [3.8, 4) is 11.5 Å². The second-order valence-corrected chi connectivity index (χ2v) is 6.45. The van der Waals surface area contributed by atoms with Gasteiger partial charge in [0.2, 0.25) is 0 Å². The average Bonchev–Trinajstić information content (AvgIpc) is 2.65. The van der Waals surface area contributed by atoms with Crippen LogP contribution in [0.5, 0.6) is 11.5 Å².